The van der Waals surface area contributed by atoms with E-state index in [1.165, 1.54) is 9.75 Å². The Morgan fingerprint density at radius 2 is 2.19 bits per heavy atom. The summed E-state index contributed by atoms with van der Waals surface area (Å²) in [5.41, 5.74) is 0. The van der Waals surface area contributed by atoms with Crippen molar-refractivity contribution in [1.82, 2.24) is 10.6 Å². The van der Waals surface area contributed by atoms with E-state index in [2.05, 4.69) is 41.6 Å². The van der Waals surface area contributed by atoms with Crippen molar-refractivity contribution in [1.29, 1.82) is 0 Å². The molecule has 0 amide bonds. The highest BCUT2D eigenvalue weighted by atomic mass is 127. The van der Waals surface area contributed by atoms with Gasteiger partial charge in [-0.3, -0.25) is 4.99 Å². The van der Waals surface area contributed by atoms with Gasteiger partial charge in [0.2, 0.25) is 0 Å². The number of halogens is 1. The van der Waals surface area contributed by atoms with Crippen LogP contribution in [0.2, 0.25) is 0 Å². The third-order valence-corrected chi connectivity index (χ3v) is 3.94. The van der Waals surface area contributed by atoms with Gasteiger partial charge in [0.1, 0.15) is 5.76 Å². The van der Waals surface area contributed by atoms with Crippen molar-refractivity contribution in [3.63, 3.8) is 0 Å². The van der Waals surface area contributed by atoms with Crippen LogP contribution in [0.15, 0.2) is 39.9 Å². The maximum absolute atomic E-state index is 5.29. The molecule has 0 aliphatic rings. The van der Waals surface area contributed by atoms with Gasteiger partial charge >= 0.3 is 0 Å². The Morgan fingerprint density at radius 3 is 2.76 bits per heavy atom. The van der Waals surface area contributed by atoms with Crippen LogP contribution in [-0.4, -0.2) is 19.0 Å². The highest BCUT2D eigenvalue weighted by Crippen LogP contribution is 2.16. The van der Waals surface area contributed by atoms with Crippen LogP contribution in [0.1, 0.15) is 22.4 Å². The quantitative estimate of drug-likeness (QED) is 0.443. The fraction of sp³-hybridized carbons (Fsp3) is 0.400. The van der Waals surface area contributed by atoms with Gasteiger partial charge in [-0.2, -0.15) is 0 Å². The first-order chi connectivity index (χ1) is 9.67. The lowest BCUT2D eigenvalue weighted by Gasteiger charge is -2.16. The molecule has 0 saturated heterocycles. The fourth-order valence-electron chi connectivity index (χ4n) is 1.96. The van der Waals surface area contributed by atoms with Crippen LogP contribution < -0.4 is 10.6 Å². The minimum Gasteiger partial charge on any atom is -0.467 e. The van der Waals surface area contributed by atoms with Crippen LogP contribution in [0.5, 0.6) is 0 Å². The highest BCUT2D eigenvalue weighted by Gasteiger charge is 2.08. The molecule has 0 aromatic carbocycles. The standard InChI is InChI=1S/C15H21N3OS.HI/c1-11(9-14-7-6-12(2)20-14)18-15(16-3)17-10-13-5-4-8-19-13;/h4-8,11H,9-10H2,1-3H3,(H2,16,17,18);1H. The second-order valence-corrected chi connectivity index (χ2v) is 6.14. The number of rotatable bonds is 5. The summed E-state index contributed by atoms with van der Waals surface area (Å²) in [7, 11) is 1.78. The summed E-state index contributed by atoms with van der Waals surface area (Å²) in [6.07, 6.45) is 2.68. The summed E-state index contributed by atoms with van der Waals surface area (Å²) in [5, 5.41) is 6.63. The molecule has 116 valence electrons. The zero-order valence-electron chi connectivity index (χ0n) is 12.6. The van der Waals surface area contributed by atoms with E-state index < -0.39 is 0 Å². The molecule has 21 heavy (non-hydrogen) atoms. The lowest BCUT2D eigenvalue weighted by molar-refractivity contribution is 0.500. The highest BCUT2D eigenvalue weighted by molar-refractivity contribution is 14.0. The van der Waals surface area contributed by atoms with Crippen molar-refractivity contribution < 1.29 is 4.42 Å². The van der Waals surface area contributed by atoms with E-state index in [1.807, 2.05) is 23.5 Å². The molecule has 6 heteroatoms. The summed E-state index contributed by atoms with van der Waals surface area (Å²) in [4.78, 5) is 6.98. The molecule has 0 aliphatic carbocycles. The van der Waals surface area contributed by atoms with Crippen molar-refractivity contribution in [3.8, 4) is 0 Å². The first-order valence-corrected chi connectivity index (χ1v) is 7.54. The molecule has 0 aliphatic heterocycles. The molecule has 1 atom stereocenters. The molecule has 2 rings (SSSR count). The number of guanidine groups is 1. The number of nitrogens with one attached hydrogen (secondary N) is 2. The molecule has 0 fully saturated rings. The molecule has 0 bridgehead atoms. The van der Waals surface area contributed by atoms with Gasteiger partial charge in [0.25, 0.3) is 0 Å². The molecule has 2 heterocycles. The maximum atomic E-state index is 5.29. The lowest BCUT2D eigenvalue weighted by atomic mass is 10.2. The van der Waals surface area contributed by atoms with Crippen LogP contribution in [0.25, 0.3) is 0 Å². The Bertz CT molecular complexity index is 551. The number of aryl methyl sites for hydroxylation is 1. The molecule has 0 spiro atoms. The lowest BCUT2D eigenvalue weighted by Crippen LogP contribution is -2.42. The van der Waals surface area contributed by atoms with Crippen LogP contribution in [-0.2, 0) is 13.0 Å². The van der Waals surface area contributed by atoms with Crippen molar-refractivity contribution in [2.75, 3.05) is 7.05 Å². The summed E-state index contributed by atoms with van der Waals surface area (Å²) >= 11 is 1.85. The van der Waals surface area contributed by atoms with E-state index in [4.69, 9.17) is 4.42 Å². The van der Waals surface area contributed by atoms with Gasteiger partial charge in [-0.05, 0) is 38.1 Å². The van der Waals surface area contributed by atoms with Gasteiger partial charge in [0, 0.05) is 29.3 Å². The molecule has 0 saturated carbocycles. The van der Waals surface area contributed by atoms with Crippen molar-refractivity contribution in [2.45, 2.75) is 32.9 Å². The Morgan fingerprint density at radius 1 is 1.38 bits per heavy atom. The molecular weight excluding hydrogens is 397 g/mol. The number of nitrogens with zero attached hydrogens (tertiary/aromatic N) is 1. The third-order valence-electron chi connectivity index (χ3n) is 2.92. The Balaban J connectivity index is 0.00000220. The van der Waals surface area contributed by atoms with Gasteiger partial charge in [-0.25, -0.2) is 0 Å². The Kier molecular flexibility index (Phi) is 7.81. The number of thiophene rings is 1. The van der Waals surface area contributed by atoms with Crippen molar-refractivity contribution in [2.24, 2.45) is 4.99 Å². The number of hydrogen-bond donors (Lipinski definition) is 2. The molecular formula is C15H22IN3OS. The van der Waals surface area contributed by atoms with Gasteiger partial charge < -0.3 is 15.1 Å². The maximum Gasteiger partial charge on any atom is 0.191 e. The van der Waals surface area contributed by atoms with Crippen LogP contribution in [0.3, 0.4) is 0 Å². The van der Waals surface area contributed by atoms with Crippen molar-refractivity contribution in [3.05, 3.63) is 46.0 Å². The van der Waals surface area contributed by atoms with Gasteiger partial charge in [-0.15, -0.1) is 35.3 Å². The van der Waals surface area contributed by atoms with Crippen LogP contribution in [0.4, 0.5) is 0 Å². The average Bonchev–Trinajstić information content (AvgIpc) is 3.06. The second-order valence-electron chi connectivity index (χ2n) is 4.77. The summed E-state index contributed by atoms with van der Waals surface area (Å²) in [6.45, 7) is 4.93. The number of hydrogen-bond acceptors (Lipinski definition) is 3. The van der Waals surface area contributed by atoms with E-state index in [-0.39, 0.29) is 24.0 Å². The third kappa shape index (κ3) is 6.09. The molecule has 2 aromatic heterocycles. The molecule has 2 aromatic rings. The normalized spacial score (nSPS) is 12.6. The molecule has 2 N–H and O–H groups in total. The molecule has 4 nitrogen and oxygen atoms in total. The summed E-state index contributed by atoms with van der Waals surface area (Å²) < 4.78 is 5.29. The zero-order valence-corrected chi connectivity index (χ0v) is 15.7. The first-order valence-electron chi connectivity index (χ1n) is 6.72. The monoisotopic (exact) mass is 419 g/mol. The Labute approximate surface area is 147 Å². The number of aliphatic imine (C=N–C) groups is 1. The summed E-state index contributed by atoms with van der Waals surface area (Å²) in [5.74, 6) is 1.69. The smallest absolute Gasteiger partial charge is 0.191 e. The fourth-order valence-corrected chi connectivity index (χ4v) is 2.98. The van der Waals surface area contributed by atoms with Gasteiger partial charge in [-0.1, -0.05) is 0 Å². The number of furan rings is 1. The summed E-state index contributed by atoms with van der Waals surface area (Å²) in [6, 6.07) is 8.51. The topological polar surface area (TPSA) is 49.6 Å². The van der Waals surface area contributed by atoms with E-state index >= 15 is 0 Å². The Hall–Kier alpha value is -1.02. The van der Waals surface area contributed by atoms with Gasteiger partial charge in [0.05, 0.1) is 12.8 Å². The van der Waals surface area contributed by atoms with Crippen LogP contribution >= 0.6 is 35.3 Å². The molecule has 0 radical (unpaired) electrons. The van der Waals surface area contributed by atoms with E-state index in [9.17, 15) is 0 Å². The SMILES string of the molecule is CN=C(NCc1ccco1)NC(C)Cc1ccc(C)s1.I. The minimum absolute atomic E-state index is 0. The van der Waals surface area contributed by atoms with E-state index in [1.54, 1.807) is 13.3 Å². The van der Waals surface area contributed by atoms with Gasteiger partial charge in [0.15, 0.2) is 5.96 Å². The van der Waals surface area contributed by atoms with E-state index in [0.717, 1.165) is 18.1 Å². The minimum atomic E-state index is 0. The van der Waals surface area contributed by atoms with Crippen molar-refractivity contribution >= 4 is 41.3 Å². The largest absolute Gasteiger partial charge is 0.467 e. The predicted octanol–water partition coefficient (Wildman–Crippen LogP) is 3.56. The predicted molar refractivity (Wildman–Crippen MR) is 99.7 cm³/mol. The first kappa shape index (κ1) is 18.0. The second kappa shape index (κ2) is 9.09. The average molecular weight is 419 g/mol. The van der Waals surface area contributed by atoms with Crippen LogP contribution in [0, 0.1) is 6.92 Å². The molecule has 1 unspecified atom stereocenters. The van der Waals surface area contributed by atoms with E-state index in [0.29, 0.717) is 12.6 Å². The zero-order chi connectivity index (χ0) is 14.4.